The second-order valence-corrected chi connectivity index (χ2v) is 8.56. The fraction of sp³-hybridized carbons (Fsp3) is 0.318. The molecule has 5 rings (SSSR count). The largest absolute Gasteiger partial charge is 0.508 e. The Morgan fingerprint density at radius 3 is 2.62 bits per heavy atom. The number of aromatic nitrogens is 3. The molecule has 0 saturated carbocycles. The van der Waals surface area contributed by atoms with Gasteiger partial charge in [-0.15, -0.1) is 5.10 Å². The predicted molar refractivity (Wildman–Crippen MR) is 107 cm³/mol. The predicted octanol–water partition coefficient (Wildman–Crippen LogP) is 4.21. The molecule has 0 saturated heterocycles. The Morgan fingerprint density at radius 2 is 1.93 bits per heavy atom. The maximum Gasteiger partial charge on any atom is 0.227 e. The average Bonchev–Trinajstić information content (AvgIpc) is 3.25. The van der Waals surface area contributed by atoms with Gasteiger partial charge in [-0.25, -0.2) is 4.68 Å². The summed E-state index contributed by atoms with van der Waals surface area (Å²) in [5.74, 6) is 2.85. The summed E-state index contributed by atoms with van der Waals surface area (Å²) in [7, 11) is 0. The van der Waals surface area contributed by atoms with Crippen LogP contribution < -0.4 is 5.32 Å². The Kier molecular flexibility index (Phi) is 3.71. The summed E-state index contributed by atoms with van der Waals surface area (Å²) in [6, 6.07) is 10.1. The third kappa shape index (κ3) is 2.93. The number of allylic oxidation sites excluding steroid dienone is 2. The number of benzene rings is 1. The lowest BCUT2D eigenvalue weighted by Crippen LogP contribution is -2.36. The Hall–Kier alpha value is -3.35. The topological polar surface area (TPSA) is 93.2 Å². The first kappa shape index (κ1) is 17.7. The molecule has 0 amide bonds. The SMILES string of the molecule is Cc1ccc(C2C3=C(CC(C)(C)CC3=O)Nc3nc(-c4ccc(O)cc4)nn32)o1. The Morgan fingerprint density at radius 1 is 1.17 bits per heavy atom. The highest BCUT2D eigenvalue weighted by atomic mass is 16.3. The Labute approximate surface area is 168 Å². The van der Waals surface area contributed by atoms with Crippen molar-refractivity contribution in [2.45, 2.75) is 39.7 Å². The van der Waals surface area contributed by atoms with Crippen LogP contribution in [0.15, 0.2) is 52.1 Å². The third-order valence-corrected chi connectivity index (χ3v) is 5.49. The van der Waals surface area contributed by atoms with Crippen LogP contribution in [0.5, 0.6) is 5.75 Å². The lowest BCUT2D eigenvalue weighted by Gasteiger charge is -2.37. The molecule has 2 aromatic heterocycles. The van der Waals surface area contributed by atoms with Gasteiger partial charge in [0, 0.05) is 23.3 Å². The number of carbonyl (C=O) groups excluding carboxylic acids is 1. The molecule has 29 heavy (non-hydrogen) atoms. The monoisotopic (exact) mass is 390 g/mol. The third-order valence-electron chi connectivity index (χ3n) is 5.49. The minimum atomic E-state index is -0.447. The molecular formula is C22H22N4O3. The van der Waals surface area contributed by atoms with Crippen molar-refractivity contribution in [3.63, 3.8) is 0 Å². The van der Waals surface area contributed by atoms with E-state index in [1.807, 2.05) is 19.1 Å². The number of fused-ring (bicyclic) bond motifs is 1. The molecule has 1 aliphatic carbocycles. The molecule has 2 aliphatic rings. The van der Waals surface area contributed by atoms with Crippen LogP contribution in [0.25, 0.3) is 11.4 Å². The maximum atomic E-state index is 13.1. The van der Waals surface area contributed by atoms with Crippen molar-refractivity contribution in [2.24, 2.45) is 5.41 Å². The molecule has 1 unspecified atom stereocenters. The fourth-order valence-corrected chi connectivity index (χ4v) is 4.21. The maximum absolute atomic E-state index is 13.1. The van der Waals surface area contributed by atoms with Crippen molar-refractivity contribution in [2.75, 3.05) is 5.32 Å². The molecular weight excluding hydrogens is 368 g/mol. The number of aryl methyl sites for hydroxylation is 1. The van der Waals surface area contributed by atoms with Crippen LogP contribution in [-0.2, 0) is 4.79 Å². The van der Waals surface area contributed by atoms with Crippen molar-refractivity contribution in [3.8, 4) is 17.1 Å². The van der Waals surface area contributed by atoms with Gasteiger partial charge in [0.2, 0.25) is 5.95 Å². The zero-order valence-electron chi connectivity index (χ0n) is 16.6. The number of nitrogens with one attached hydrogen (secondary N) is 1. The summed E-state index contributed by atoms with van der Waals surface area (Å²) in [5, 5.41) is 17.6. The van der Waals surface area contributed by atoms with Gasteiger partial charge in [-0.1, -0.05) is 13.8 Å². The van der Waals surface area contributed by atoms with E-state index < -0.39 is 6.04 Å². The van der Waals surface area contributed by atoms with Crippen molar-refractivity contribution >= 4 is 11.7 Å². The van der Waals surface area contributed by atoms with Crippen LogP contribution in [-0.4, -0.2) is 25.7 Å². The van der Waals surface area contributed by atoms with E-state index >= 15 is 0 Å². The number of Topliss-reactive ketones (excluding diaryl/α,β-unsaturated/α-hetero) is 1. The van der Waals surface area contributed by atoms with E-state index in [0.29, 0.717) is 29.5 Å². The van der Waals surface area contributed by atoms with E-state index in [4.69, 9.17) is 9.52 Å². The van der Waals surface area contributed by atoms with Gasteiger partial charge in [-0.3, -0.25) is 4.79 Å². The number of hydrogen-bond acceptors (Lipinski definition) is 6. The molecule has 0 spiro atoms. The molecule has 7 heteroatoms. The summed E-state index contributed by atoms with van der Waals surface area (Å²) in [5.41, 5.74) is 2.26. The number of carbonyl (C=O) groups is 1. The lowest BCUT2D eigenvalue weighted by atomic mass is 9.73. The van der Waals surface area contributed by atoms with Crippen LogP contribution in [0.2, 0.25) is 0 Å². The molecule has 1 aromatic carbocycles. The van der Waals surface area contributed by atoms with Crippen LogP contribution in [0.4, 0.5) is 5.95 Å². The van der Waals surface area contributed by atoms with E-state index in [1.165, 1.54) is 0 Å². The van der Waals surface area contributed by atoms with Gasteiger partial charge in [-0.2, -0.15) is 4.98 Å². The van der Waals surface area contributed by atoms with E-state index in [0.717, 1.165) is 23.4 Å². The summed E-state index contributed by atoms with van der Waals surface area (Å²) < 4.78 is 7.66. The van der Waals surface area contributed by atoms with Crippen molar-refractivity contribution in [1.82, 2.24) is 14.8 Å². The first-order valence-corrected chi connectivity index (χ1v) is 9.66. The number of phenolic OH excluding ortho intramolecular Hbond substituents is 1. The first-order chi connectivity index (χ1) is 13.8. The van der Waals surface area contributed by atoms with Gasteiger partial charge in [0.05, 0.1) is 0 Å². The number of furan rings is 1. The highest BCUT2D eigenvalue weighted by Crippen LogP contribution is 2.45. The first-order valence-electron chi connectivity index (χ1n) is 9.66. The number of hydrogen-bond donors (Lipinski definition) is 2. The smallest absolute Gasteiger partial charge is 0.227 e. The van der Waals surface area contributed by atoms with Gasteiger partial charge >= 0.3 is 0 Å². The van der Waals surface area contributed by atoms with Gasteiger partial charge in [0.1, 0.15) is 23.3 Å². The quantitative estimate of drug-likeness (QED) is 0.681. The lowest BCUT2D eigenvalue weighted by molar-refractivity contribution is -0.118. The number of aromatic hydroxyl groups is 1. The summed E-state index contributed by atoms with van der Waals surface area (Å²) in [6.45, 7) is 6.09. The van der Waals surface area contributed by atoms with E-state index in [2.05, 4.69) is 24.1 Å². The summed E-state index contributed by atoms with van der Waals surface area (Å²) in [4.78, 5) is 17.8. The number of phenols is 1. The van der Waals surface area contributed by atoms with Crippen LogP contribution >= 0.6 is 0 Å². The van der Waals surface area contributed by atoms with Crippen LogP contribution in [0.3, 0.4) is 0 Å². The molecule has 0 radical (unpaired) electrons. The normalized spacial score (nSPS) is 20.2. The zero-order valence-corrected chi connectivity index (χ0v) is 16.6. The minimum absolute atomic E-state index is 0.107. The number of anilines is 1. The molecule has 1 aliphatic heterocycles. The minimum Gasteiger partial charge on any atom is -0.508 e. The van der Waals surface area contributed by atoms with E-state index in [1.54, 1.807) is 28.9 Å². The molecule has 3 aromatic rings. The summed E-state index contributed by atoms with van der Waals surface area (Å²) >= 11 is 0. The summed E-state index contributed by atoms with van der Waals surface area (Å²) in [6.07, 6.45) is 1.24. The average molecular weight is 390 g/mol. The van der Waals surface area contributed by atoms with Crippen LogP contribution in [0.1, 0.15) is 44.3 Å². The van der Waals surface area contributed by atoms with Crippen molar-refractivity contribution in [1.29, 1.82) is 0 Å². The Balaban J connectivity index is 1.67. The molecule has 3 heterocycles. The Bertz CT molecular complexity index is 1150. The number of rotatable bonds is 2. The second-order valence-electron chi connectivity index (χ2n) is 8.56. The van der Waals surface area contributed by atoms with Gasteiger partial charge in [0.15, 0.2) is 11.6 Å². The van der Waals surface area contributed by atoms with E-state index in [-0.39, 0.29) is 16.9 Å². The molecule has 2 N–H and O–H groups in total. The number of ketones is 1. The standard InChI is InChI=1S/C22H22N4O3/c1-12-4-9-17(29-12)19-18-15(10-22(2,3)11-16(18)28)23-21-24-20(25-26(19)21)13-5-7-14(27)8-6-13/h4-9,19,27H,10-11H2,1-3H3,(H,23,24,25). The highest BCUT2D eigenvalue weighted by Gasteiger charge is 2.43. The molecule has 0 fully saturated rings. The van der Waals surface area contributed by atoms with Crippen LogP contribution in [0, 0.1) is 12.3 Å². The second kappa shape index (κ2) is 6.07. The van der Waals surface area contributed by atoms with Crippen molar-refractivity contribution < 1.29 is 14.3 Å². The molecule has 1 atom stereocenters. The highest BCUT2D eigenvalue weighted by molar-refractivity contribution is 6.00. The van der Waals surface area contributed by atoms with Gasteiger partial charge in [-0.05, 0) is 55.2 Å². The van der Waals surface area contributed by atoms with Gasteiger partial charge < -0.3 is 14.8 Å². The number of nitrogens with zero attached hydrogens (tertiary/aromatic N) is 3. The van der Waals surface area contributed by atoms with Crippen molar-refractivity contribution in [3.05, 3.63) is 59.2 Å². The fourth-order valence-electron chi connectivity index (χ4n) is 4.21. The molecule has 0 bridgehead atoms. The zero-order chi connectivity index (χ0) is 20.3. The van der Waals surface area contributed by atoms with Gasteiger partial charge in [0.25, 0.3) is 0 Å². The molecule has 7 nitrogen and oxygen atoms in total. The van der Waals surface area contributed by atoms with E-state index in [9.17, 15) is 9.90 Å². The molecule has 148 valence electrons.